The third kappa shape index (κ3) is 12.2. The minimum Gasteiger partial charge on any atom is -0.492 e. The SMILES string of the molecule is Cc1nc(-c2ccc(C(C)(C)C)cc2)c(Cl)cc1C(=O)NC(CCN)C(=O)N(C)[C@@H]1C(=O)N[C@@H](C)C(=O)N[C@H](C(=O)NCC#N)Cc2ccc(OCCN)c(c2)-c2cc1ccc2OCCN. The Kier molecular flexibility index (Phi) is 17.2. The summed E-state index contributed by atoms with van der Waals surface area (Å²) in [6.45, 7) is 9.79. The van der Waals surface area contributed by atoms with E-state index in [0.717, 1.165) is 11.1 Å². The van der Waals surface area contributed by atoms with E-state index in [1.54, 1.807) is 43.3 Å². The van der Waals surface area contributed by atoms with E-state index in [1.807, 2.05) is 30.3 Å². The smallest absolute Gasteiger partial charge is 0.253 e. The zero-order chi connectivity index (χ0) is 48.3. The van der Waals surface area contributed by atoms with E-state index in [2.05, 4.69) is 47.0 Å². The number of nitriles is 1. The molecule has 1 unspecified atom stereocenters. The topological polar surface area (TPSA) is 270 Å². The quantitative estimate of drug-likeness (QED) is 0.0848. The molecule has 0 aliphatic carbocycles. The Morgan fingerprint density at radius 1 is 0.924 bits per heavy atom. The molecule has 1 aliphatic heterocycles. The van der Waals surface area contributed by atoms with Crippen molar-refractivity contribution < 1.29 is 33.4 Å². The molecular weight excluding hydrogens is 864 g/mol. The molecule has 5 amide bonds. The van der Waals surface area contributed by atoms with Gasteiger partial charge in [-0.15, -0.1) is 0 Å². The van der Waals surface area contributed by atoms with Crippen LogP contribution in [0.2, 0.25) is 5.02 Å². The second-order valence-electron chi connectivity index (χ2n) is 17.0. The number of aromatic nitrogens is 1. The molecule has 10 N–H and O–H groups in total. The van der Waals surface area contributed by atoms with Gasteiger partial charge in [0, 0.05) is 43.2 Å². The highest BCUT2D eigenvalue weighted by molar-refractivity contribution is 6.33. The molecule has 350 valence electrons. The number of aryl methyl sites for hydroxylation is 1. The molecule has 18 heteroatoms. The number of fused-ring (bicyclic) bond motifs is 5. The fourth-order valence-corrected chi connectivity index (χ4v) is 7.77. The molecular formula is C48H59ClN10O7. The first kappa shape index (κ1) is 50.4. The summed E-state index contributed by atoms with van der Waals surface area (Å²) >= 11 is 6.75. The number of carbonyl (C=O) groups is 5. The van der Waals surface area contributed by atoms with E-state index < -0.39 is 53.7 Å². The number of pyridine rings is 1. The van der Waals surface area contributed by atoms with Gasteiger partial charge in [0.2, 0.25) is 23.6 Å². The number of carbonyl (C=O) groups excluding carboxylic acids is 5. The number of nitrogens with two attached hydrogens (primary N) is 3. The van der Waals surface area contributed by atoms with Crippen LogP contribution in [0.5, 0.6) is 11.5 Å². The molecule has 4 bridgehead atoms. The Balaban J connectivity index is 1.57. The van der Waals surface area contributed by atoms with Gasteiger partial charge in [-0.25, -0.2) is 0 Å². The van der Waals surface area contributed by atoms with E-state index in [4.69, 9.17) is 43.5 Å². The zero-order valence-corrected chi connectivity index (χ0v) is 38.9. The lowest BCUT2D eigenvalue weighted by Gasteiger charge is -2.32. The van der Waals surface area contributed by atoms with Gasteiger partial charge in [-0.1, -0.05) is 68.8 Å². The minimum absolute atomic E-state index is 0.00196. The van der Waals surface area contributed by atoms with E-state index in [9.17, 15) is 24.0 Å². The third-order valence-electron chi connectivity index (χ3n) is 11.0. The summed E-state index contributed by atoms with van der Waals surface area (Å²) in [6.07, 6.45) is -0.0144. The van der Waals surface area contributed by atoms with Gasteiger partial charge < -0.3 is 52.8 Å². The Labute approximate surface area is 390 Å². The van der Waals surface area contributed by atoms with Crippen molar-refractivity contribution >= 4 is 41.1 Å². The lowest BCUT2D eigenvalue weighted by atomic mass is 9.86. The summed E-state index contributed by atoms with van der Waals surface area (Å²) in [5, 5.41) is 20.1. The standard InChI is InChI=1S/C48H59ClN10O7/c1-27-33(26-36(49)41(55-27)30-8-11-32(12-9-30)48(3,4)5)44(61)57-37(15-16-50)47(64)59(6)42-31-10-14-40(66-22-19-53)35(25-31)34-23-29(7-13-39(34)65-21-18-52)24-38(45(62)54-20-17-51)58-43(60)28(2)56-46(42)63/h7-14,23,25-26,28,37-38,42H,15-16,18-22,24,50,52-53H2,1-6H3,(H,54,62)(H,56,63)(H,57,61)(H,58,60)/t28-,37?,38-,42-/m0/s1. The first-order valence-electron chi connectivity index (χ1n) is 21.7. The van der Waals surface area contributed by atoms with Gasteiger partial charge in [-0.05, 0) is 79.3 Å². The van der Waals surface area contributed by atoms with Gasteiger partial charge >= 0.3 is 0 Å². The van der Waals surface area contributed by atoms with Gasteiger partial charge in [0.05, 0.1) is 28.0 Å². The molecule has 0 saturated carbocycles. The average molecular weight is 924 g/mol. The summed E-state index contributed by atoms with van der Waals surface area (Å²) < 4.78 is 12.2. The van der Waals surface area contributed by atoms with Crippen LogP contribution >= 0.6 is 11.6 Å². The fourth-order valence-electron chi connectivity index (χ4n) is 7.51. The van der Waals surface area contributed by atoms with E-state index in [0.29, 0.717) is 45.1 Å². The molecule has 5 rings (SSSR count). The maximum absolute atomic E-state index is 14.7. The van der Waals surface area contributed by atoms with Crippen molar-refractivity contribution in [1.29, 1.82) is 5.26 Å². The fraction of sp³-hybridized carbons (Fsp3) is 0.396. The van der Waals surface area contributed by atoms with Crippen LogP contribution in [0, 0.1) is 18.3 Å². The molecule has 4 aromatic rings. The molecule has 2 heterocycles. The molecule has 0 fully saturated rings. The number of likely N-dealkylation sites (N-methyl/N-ethyl adjacent to an activating group) is 1. The van der Waals surface area contributed by atoms with Gasteiger partial charge in [0.25, 0.3) is 5.91 Å². The van der Waals surface area contributed by atoms with E-state index >= 15 is 0 Å². The summed E-state index contributed by atoms with van der Waals surface area (Å²) in [5.41, 5.74) is 22.4. The van der Waals surface area contributed by atoms with Gasteiger partial charge in [-0.2, -0.15) is 5.26 Å². The summed E-state index contributed by atoms with van der Waals surface area (Å²) in [4.78, 5) is 76.2. The lowest BCUT2D eigenvalue weighted by Crippen LogP contribution is -2.56. The maximum atomic E-state index is 14.7. The van der Waals surface area contributed by atoms with Crippen LogP contribution in [0.25, 0.3) is 22.4 Å². The minimum atomic E-state index is -1.41. The summed E-state index contributed by atoms with van der Waals surface area (Å²) in [6, 6.07) is 16.3. The highest BCUT2D eigenvalue weighted by atomic mass is 35.5. The van der Waals surface area contributed by atoms with Crippen LogP contribution < -0.4 is 47.9 Å². The Hall–Kier alpha value is -6.58. The van der Waals surface area contributed by atoms with Gasteiger partial charge in [0.15, 0.2) is 0 Å². The maximum Gasteiger partial charge on any atom is 0.253 e. The number of benzene rings is 3. The average Bonchev–Trinajstić information content (AvgIpc) is 3.29. The van der Waals surface area contributed by atoms with Crippen molar-refractivity contribution in [3.05, 3.63) is 99.7 Å². The molecule has 0 saturated heterocycles. The number of nitrogens with zero attached hydrogens (tertiary/aromatic N) is 3. The van der Waals surface area contributed by atoms with Crippen LogP contribution in [0.1, 0.15) is 72.9 Å². The summed E-state index contributed by atoms with van der Waals surface area (Å²) in [7, 11) is 1.41. The Morgan fingerprint density at radius 3 is 2.17 bits per heavy atom. The van der Waals surface area contributed by atoms with Crippen LogP contribution in [0.3, 0.4) is 0 Å². The molecule has 0 radical (unpaired) electrons. The largest absolute Gasteiger partial charge is 0.492 e. The van der Waals surface area contributed by atoms with Crippen molar-refractivity contribution in [1.82, 2.24) is 31.2 Å². The predicted molar refractivity (Wildman–Crippen MR) is 251 cm³/mol. The number of rotatable bonds is 15. The molecule has 1 aromatic heterocycles. The highest BCUT2D eigenvalue weighted by Crippen LogP contribution is 2.40. The normalized spacial score (nSPS) is 16.7. The van der Waals surface area contributed by atoms with Crippen molar-refractivity contribution in [2.45, 2.75) is 77.0 Å². The van der Waals surface area contributed by atoms with Crippen molar-refractivity contribution in [3.63, 3.8) is 0 Å². The molecule has 1 aliphatic rings. The van der Waals surface area contributed by atoms with E-state index in [1.165, 1.54) is 24.9 Å². The van der Waals surface area contributed by atoms with Crippen LogP contribution in [0.4, 0.5) is 0 Å². The van der Waals surface area contributed by atoms with Crippen molar-refractivity contribution in [2.24, 2.45) is 17.2 Å². The van der Waals surface area contributed by atoms with Crippen LogP contribution in [-0.4, -0.2) is 104 Å². The summed E-state index contributed by atoms with van der Waals surface area (Å²) in [5.74, 6) is -2.65. The first-order valence-corrected chi connectivity index (χ1v) is 22.0. The zero-order valence-electron chi connectivity index (χ0n) is 38.1. The second-order valence-corrected chi connectivity index (χ2v) is 17.4. The molecule has 4 atom stereocenters. The number of halogens is 1. The highest BCUT2D eigenvalue weighted by Gasteiger charge is 2.36. The molecule has 66 heavy (non-hydrogen) atoms. The van der Waals surface area contributed by atoms with Crippen LogP contribution in [0.15, 0.2) is 66.7 Å². The monoisotopic (exact) mass is 922 g/mol. The second kappa shape index (κ2) is 22.6. The Morgan fingerprint density at radius 2 is 1.56 bits per heavy atom. The molecule has 17 nitrogen and oxygen atoms in total. The number of nitrogens with one attached hydrogen (secondary N) is 4. The van der Waals surface area contributed by atoms with Gasteiger partial charge in [0.1, 0.15) is 55.4 Å². The Bertz CT molecular complexity index is 2470. The number of hydrogen-bond donors (Lipinski definition) is 7. The van der Waals surface area contributed by atoms with Gasteiger partial charge in [-0.3, -0.25) is 29.0 Å². The molecule has 3 aromatic carbocycles. The van der Waals surface area contributed by atoms with Crippen molar-refractivity contribution in [2.75, 3.05) is 46.4 Å². The lowest BCUT2D eigenvalue weighted by molar-refractivity contribution is -0.141. The number of amides is 5. The number of hydrogen-bond acceptors (Lipinski definition) is 12. The van der Waals surface area contributed by atoms with E-state index in [-0.39, 0.29) is 68.2 Å². The first-order chi connectivity index (χ1) is 31.4. The predicted octanol–water partition coefficient (Wildman–Crippen LogP) is 3.18. The van der Waals surface area contributed by atoms with Crippen molar-refractivity contribution in [3.8, 4) is 40.0 Å². The number of ether oxygens (including phenoxy) is 2. The third-order valence-corrected chi connectivity index (χ3v) is 11.3. The van der Waals surface area contributed by atoms with Crippen LogP contribution in [-0.2, 0) is 31.0 Å². The molecule has 0 spiro atoms.